The molecular weight excluding hydrogens is 328 g/mol. The van der Waals surface area contributed by atoms with Gasteiger partial charge < -0.3 is 10.5 Å². The van der Waals surface area contributed by atoms with Crippen molar-refractivity contribution in [3.8, 4) is 0 Å². The van der Waals surface area contributed by atoms with E-state index in [9.17, 15) is 4.79 Å². The number of esters is 1. The zero-order chi connectivity index (χ0) is 16.7. The SMILES string of the molecule is CC(C)(Sc1nc(CCN)cs1)C(=O)OC1CCCCCCC1. The number of carbonyl (C=O) groups is 1. The summed E-state index contributed by atoms with van der Waals surface area (Å²) in [4.78, 5) is 17.1. The predicted octanol–water partition coefficient (Wildman–Crippen LogP) is 4.17. The van der Waals surface area contributed by atoms with Gasteiger partial charge in [-0.05, 0) is 46.1 Å². The highest BCUT2D eigenvalue weighted by atomic mass is 32.2. The molecule has 0 bridgehead atoms. The lowest BCUT2D eigenvalue weighted by Crippen LogP contribution is -2.33. The molecule has 0 saturated heterocycles. The van der Waals surface area contributed by atoms with Gasteiger partial charge in [0.15, 0.2) is 4.34 Å². The van der Waals surface area contributed by atoms with E-state index in [1.54, 1.807) is 11.3 Å². The van der Waals surface area contributed by atoms with Crippen LogP contribution in [0.15, 0.2) is 9.72 Å². The predicted molar refractivity (Wildman–Crippen MR) is 97.0 cm³/mol. The summed E-state index contributed by atoms with van der Waals surface area (Å²) >= 11 is 3.07. The fraction of sp³-hybridized carbons (Fsp3) is 0.765. The maximum absolute atomic E-state index is 12.6. The van der Waals surface area contributed by atoms with Gasteiger partial charge in [-0.15, -0.1) is 11.3 Å². The number of aromatic nitrogens is 1. The summed E-state index contributed by atoms with van der Waals surface area (Å²) in [6.45, 7) is 4.45. The van der Waals surface area contributed by atoms with E-state index in [-0.39, 0.29) is 12.1 Å². The monoisotopic (exact) mass is 356 g/mol. The molecule has 6 heteroatoms. The largest absolute Gasteiger partial charge is 0.461 e. The Morgan fingerprint density at radius 3 is 2.65 bits per heavy atom. The molecule has 0 unspecified atom stereocenters. The van der Waals surface area contributed by atoms with Crippen molar-refractivity contribution in [2.45, 2.75) is 80.4 Å². The van der Waals surface area contributed by atoms with Crippen molar-refractivity contribution in [2.24, 2.45) is 5.73 Å². The molecule has 2 N–H and O–H groups in total. The second kappa shape index (κ2) is 9.04. The van der Waals surface area contributed by atoms with Gasteiger partial charge in [0.1, 0.15) is 10.9 Å². The summed E-state index contributed by atoms with van der Waals surface area (Å²) < 4.78 is 6.11. The van der Waals surface area contributed by atoms with E-state index in [0.717, 1.165) is 29.3 Å². The lowest BCUT2D eigenvalue weighted by atomic mass is 9.98. The molecule has 1 fully saturated rings. The van der Waals surface area contributed by atoms with Crippen molar-refractivity contribution in [1.82, 2.24) is 4.98 Å². The highest BCUT2D eigenvalue weighted by molar-refractivity contribution is 8.03. The first kappa shape index (κ1) is 18.7. The number of hydrogen-bond donors (Lipinski definition) is 1. The average Bonchev–Trinajstić information content (AvgIpc) is 2.88. The van der Waals surface area contributed by atoms with E-state index in [1.165, 1.54) is 43.9 Å². The van der Waals surface area contributed by atoms with Gasteiger partial charge in [0.2, 0.25) is 0 Å². The van der Waals surface area contributed by atoms with Gasteiger partial charge in [-0.3, -0.25) is 4.79 Å². The number of hydrogen-bond acceptors (Lipinski definition) is 6. The van der Waals surface area contributed by atoms with Crippen molar-refractivity contribution in [2.75, 3.05) is 6.54 Å². The zero-order valence-corrected chi connectivity index (χ0v) is 15.8. The van der Waals surface area contributed by atoms with Crippen LogP contribution in [0.4, 0.5) is 0 Å². The van der Waals surface area contributed by atoms with E-state index in [2.05, 4.69) is 4.98 Å². The van der Waals surface area contributed by atoms with Crippen LogP contribution in [0.25, 0.3) is 0 Å². The first-order chi connectivity index (χ1) is 11.0. The van der Waals surface area contributed by atoms with Crippen LogP contribution in [-0.2, 0) is 16.0 Å². The second-order valence-corrected chi connectivity index (χ2v) is 9.36. The van der Waals surface area contributed by atoms with Crippen molar-refractivity contribution in [1.29, 1.82) is 0 Å². The summed E-state index contributed by atoms with van der Waals surface area (Å²) in [5.74, 6) is -0.122. The minimum Gasteiger partial charge on any atom is -0.461 e. The minimum atomic E-state index is -0.611. The van der Waals surface area contributed by atoms with Crippen LogP contribution >= 0.6 is 23.1 Å². The number of carbonyl (C=O) groups excluding carboxylic acids is 1. The van der Waals surface area contributed by atoms with E-state index < -0.39 is 4.75 Å². The second-order valence-electron chi connectivity index (χ2n) is 6.63. The van der Waals surface area contributed by atoms with Gasteiger partial charge in [0.25, 0.3) is 0 Å². The normalized spacial score (nSPS) is 17.5. The Balaban J connectivity index is 1.89. The molecule has 0 spiro atoms. The van der Waals surface area contributed by atoms with Gasteiger partial charge in [-0.1, -0.05) is 31.0 Å². The van der Waals surface area contributed by atoms with Crippen LogP contribution in [0.3, 0.4) is 0 Å². The Bertz CT molecular complexity index is 495. The Labute approximate surface area is 147 Å². The molecule has 1 aliphatic carbocycles. The van der Waals surface area contributed by atoms with Crippen LogP contribution in [-0.4, -0.2) is 28.3 Å². The molecule has 4 nitrogen and oxygen atoms in total. The fourth-order valence-corrected chi connectivity index (χ4v) is 4.96. The van der Waals surface area contributed by atoms with E-state index in [1.807, 2.05) is 19.2 Å². The molecule has 0 radical (unpaired) electrons. The molecule has 0 atom stereocenters. The first-order valence-electron chi connectivity index (χ1n) is 8.56. The molecule has 0 amide bonds. The molecule has 1 heterocycles. The minimum absolute atomic E-state index is 0.0896. The summed E-state index contributed by atoms with van der Waals surface area (Å²) in [6.07, 6.45) is 9.05. The molecule has 130 valence electrons. The Kier molecular flexibility index (Phi) is 7.37. The number of ether oxygens (including phenoxy) is 1. The highest BCUT2D eigenvalue weighted by Crippen LogP contribution is 2.36. The fourth-order valence-electron chi connectivity index (χ4n) is 2.69. The lowest BCUT2D eigenvalue weighted by molar-refractivity contribution is -0.152. The van der Waals surface area contributed by atoms with E-state index in [0.29, 0.717) is 6.54 Å². The van der Waals surface area contributed by atoms with Crippen LogP contribution in [0.5, 0.6) is 0 Å². The topological polar surface area (TPSA) is 65.2 Å². The third-order valence-electron chi connectivity index (χ3n) is 4.09. The van der Waals surface area contributed by atoms with E-state index >= 15 is 0 Å². The number of nitrogens with two attached hydrogens (primary N) is 1. The van der Waals surface area contributed by atoms with Gasteiger partial charge in [0.05, 0.1) is 5.69 Å². The van der Waals surface area contributed by atoms with Crippen LogP contribution in [0.1, 0.15) is 64.5 Å². The van der Waals surface area contributed by atoms with Crippen molar-refractivity contribution in [3.05, 3.63) is 11.1 Å². The molecular formula is C17H28N2O2S2. The number of thioether (sulfide) groups is 1. The summed E-state index contributed by atoms with van der Waals surface area (Å²) in [5, 5.41) is 2.02. The molecule has 0 aliphatic heterocycles. The van der Waals surface area contributed by atoms with Gasteiger partial charge in [-0.2, -0.15) is 0 Å². The Hall–Kier alpha value is -0.590. The molecule has 23 heavy (non-hydrogen) atoms. The van der Waals surface area contributed by atoms with Crippen molar-refractivity contribution >= 4 is 29.1 Å². The third-order valence-corrected chi connectivity index (χ3v) is 6.26. The molecule has 1 aromatic heterocycles. The smallest absolute Gasteiger partial charge is 0.322 e. The Morgan fingerprint density at radius 1 is 1.35 bits per heavy atom. The lowest BCUT2D eigenvalue weighted by Gasteiger charge is -2.26. The van der Waals surface area contributed by atoms with Crippen LogP contribution in [0.2, 0.25) is 0 Å². The number of nitrogens with zero attached hydrogens (tertiary/aromatic N) is 1. The van der Waals surface area contributed by atoms with Crippen molar-refractivity contribution in [3.63, 3.8) is 0 Å². The maximum Gasteiger partial charge on any atom is 0.322 e. The quantitative estimate of drug-likeness (QED) is 0.612. The molecule has 1 saturated carbocycles. The highest BCUT2D eigenvalue weighted by Gasteiger charge is 2.33. The number of thiazole rings is 1. The summed E-state index contributed by atoms with van der Waals surface area (Å²) in [7, 11) is 0. The van der Waals surface area contributed by atoms with Gasteiger partial charge >= 0.3 is 5.97 Å². The first-order valence-corrected chi connectivity index (χ1v) is 10.3. The van der Waals surface area contributed by atoms with Gasteiger partial charge in [-0.25, -0.2) is 4.98 Å². The Morgan fingerprint density at radius 2 is 2.00 bits per heavy atom. The van der Waals surface area contributed by atoms with Crippen LogP contribution in [0, 0.1) is 0 Å². The van der Waals surface area contributed by atoms with Crippen molar-refractivity contribution < 1.29 is 9.53 Å². The van der Waals surface area contributed by atoms with Gasteiger partial charge in [0, 0.05) is 11.8 Å². The van der Waals surface area contributed by atoms with Crippen LogP contribution < -0.4 is 5.73 Å². The maximum atomic E-state index is 12.6. The molecule has 1 aliphatic rings. The molecule has 2 rings (SSSR count). The standard InChI is InChI=1S/C17H28N2O2S2/c1-17(2,23-16-19-13(10-11-18)12-22-16)15(20)21-14-8-6-4-3-5-7-9-14/h12,14H,3-11,18H2,1-2H3. The third kappa shape index (κ3) is 6.08. The average molecular weight is 357 g/mol. The number of rotatable bonds is 6. The zero-order valence-electron chi connectivity index (χ0n) is 14.2. The summed E-state index contributed by atoms with van der Waals surface area (Å²) in [5.41, 5.74) is 6.56. The summed E-state index contributed by atoms with van der Waals surface area (Å²) in [6, 6.07) is 0. The molecule has 0 aromatic carbocycles. The van der Waals surface area contributed by atoms with E-state index in [4.69, 9.17) is 10.5 Å². The molecule has 1 aromatic rings.